The van der Waals surface area contributed by atoms with Crippen molar-refractivity contribution in [2.45, 2.75) is 38.9 Å². The molecule has 1 aliphatic rings. The lowest BCUT2D eigenvalue weighted by atomic mass is 9.95. The van der Waals surface area contributed by atoms with Crippen LogP contribution in [0, 0.1) is 0 Å². The third-order valence-corrected chi connectivity index (χ3v) is 4.79. The summed E-state index contributed by atoms with van der Waals surface area (Å²) >= 11 is 1.65. The number of benzene rings is 1. The standard InChI is InChI=1S/C16H19N3OS.2ClH/c1-2-15-19-13(10-21-15)9-18-16(20)14-7-11-5-3-4-6-12(11)8-17-14;;/h3-6,10,14,17H,2,7-9H2,1H3,(H,18,20);2*1H. The van der Waals surface area contributed by atoms with Gasteiger partial charge < -0.3 is 10.6 Å². The minimum atomic E-state index is -0.149. The number of carbonyl (C=O) groups excluding carboxylic acids is 1. The molecule has 4 nitrogen and oxygen atoms in total. The van der Waals surface area contributed by atoms with E-state index in [-0.39, 0.29) is 36.8 Å². The van der Waals surface area contributed by atoms with E-state index in [0.29, 0.717) is 6.54 Å². The molecule has 0 spiro atoms. The lowest BCUT2D eigenvalue weighted by molar-refractivity contribution is -0.123. The number of thiazole rings is 1. The van der Waals surface area contributed by atoms with Gasteiger partial charge in [-0.1, -0.05) is 31.2 Å². The Morgan fingerprint density at radius 3 is 2.78 bits per heavy atom. The minimum Gasteiger partial charge on any atom is -0.349 e. The maximum atomic E-state index is 12.3. The Morgan fingerprint density at radius 2 is 2.09 bits per heavy atom. The number of fused-ring (bicyclic) bond motifs is 1. The molecule has 0 radical (unpaired) electrons. The summed E-state index contributed by atoms with van der Waals surface area (Å²) < 4.78 is 0. The van der Waals surface area contributed by atoms with E-state index >= 15 is 0 Å². The summed E-state index contributed by atoms with van der Waals surface area (Å²) in [6.45, 7) is 3.35. The second-order valence-corrected chi connectivity index (χ2v) is 6.15. The fraction of sp³-hybridized carbons (Fsp3) is 0.375. The number of hydrogen-bond acceptors (Lipinski definition) is 4. The van der Waals surface area contributed by atoms with Crippen LogP contribution < -0.4 is 10.6 Å². The number of rotatable bonds is 4. The molecule has 1 aromatic carbocycles. The van der Waals surface area contributed by atoms with Gasteiger partial charge in [-0.25, -0.2) is 4.98 Å². The van der Waals surface area contributed by atoms with E-state index in [4.69, 9.17) is 0 Å². The van der Waals surface area contributed by atoms with E-state index in [1.54, 1.807) is 11.3 Å². The number of amides is 1. The van der Waals surface area contributed by atoms with Crippen molar-refractivity contribution in [1.29, 1.82) is 0 Å². The molecule has 0 aliphatic carbocycles. The van der Waals surface area contributed by atoms with Gasteiger partial charge in [-0.2, -0.15) is 0 Å². The van der Waals surface area contributed by atoms with Gasteiger partial charge in [0.2, 0.25) is 5.91 Å². The molecule has 1 unspecified atom stereocenters. The van der Waals surface area contributed by atoms with Gasteiger partial charge in [0.25, 0.3) is 0 Å². The van der Waals surface area contributed by atoms with E-state index in [2.05, 4.69) is 34.7 Å². The molecule has 2 N–H and O–H groups in total. The van der Waals surface area contributed by atoms with E-state index < -0.39 is 0 Å². The van der Waals surface area contributed by atoms with Gasteiger partial charge in [-0.05, 0) is 24.0 Å². The van der Waals surface area contributed by atoms with Crippen LogP contribution in [0.15, 0.2) is 29.6 Å². The molecule has 0 bridgehead atoms. The molecule has 0 saturated heterocycles. The first-order valence-corrected chi connectivity index (χ1v) is 8.15. The zero-order valence-electron chi connectivity index (χ0n) is 12.9. The summed E-state index contributed by atoms with van der Waals surface area (Å²) in [6.07, 6.45) is 1.69. The van der Waals surface area contributed by atoms with Gasteiger partial charge in [0, 0.05) is 11.9 Å². The Hall–Kier alpha value is -1.14. The lowest BCUT2D eigenvalue weighted by Gasteiger charge is -2.25. The first kappa shape index (κ1) is 19.9. The summed E-state index contributed by atoms with van der Waals surface area (Å²) in [5.74, 6) is 0.0514. The predicted molar refractivity (Wildman–Crippen MR) is 98.6 cm³/mol. The quantitative estimate of drug-likeness (QED) is 0.865. The molecule has 0 saturated carbocycles. The van der Waals surface area contributed by atoms with E-state index in [0.717, 1.165) is 30.1 Å². The number of carbonyl (C=O) groups is 1. The number of hydrogen-bond donors (Lipinski definition) is 2. The van der Waals surface area contributed by atoms with Crippen LogP contribution in [0.4, 0.5) is 0 Å². The predicted octanol–water partition coefficient (Wildman–Crippen LogP) is 2.88. The molecule has 2 aromatic rings. The fourth-order valence-electron chi connectivity index (χ4n) is 2.53. The van der Waals surface area contributed by atoms with Crippen molar-refractivity contribution < 1.29 is 4.79 Å². The molecule has 0 fully saturated rings. The van der Waals surface area contributed by atoms with Crippen molar-refractivity contribution in [2.24, 2.45) is 0 Å². The lowest BCUT2D eigenvalue weighted by Crippen LogP contribution is -2.47. The first-order chi connectivity index (χ1) is 10.3. The summed E-state index contributed by atoms with van der Waals surface area (Å²) in [6, 6.07) is 8.13. The average Bonchev–Trinajstić information content (AvgIpc) is 3.00. The van der Waals surface area contributed by atoms with Gasteiger partial charge in [-0.15, -0.1) is 36.2 Å². The van der Waals surface area contributed by atoms with Crippen LogP contribution in [0.1, 0.15) is 28.8 Å². The molecular formula is C16H21Cl2N3OS. The Kier molecular flexibility index (Phi) is 7.99. The van der Waals surface area contributed by atoms with E-state index in [1.807, 2.05) is 17.5 Å². The molecule has 1 amide bonds. The highest BCUT2D eigenvalue weighted by atomic mass is 35.5. The minimum absolute atomic E-state index is 0. The first-order valence-electron chi connectivity index (χ1n) is 7.27. The zero-order valence-corrected chi connectivity index (χ0v) is 15.3. The summed E-state index contributed by atoms with van der Waals surface area (Å²) in [4.78, 5) is 16.7. The summed E-state index contributed by atoms with van der Waals surface area (Å²) in [5, 5.41) is 9.41. The van der Waals surface area contributed by atoms with Gasteiger partial charge in [0.15, 0.2) is 0 Å². The van der Waals surface area contributed by atoms with Gasteiger partial charge >= 0.3 is 0 Å². The smallest absolute Gasteiger partial charge is 0.237 e. The highest BCUT2D eigenvalue weighted by Gasteiger charge is 2.23. The molecule has 1 aromatic heterocycles. The van der Waals surface area contributed by atoms with Gasteiger partial charge in [0.05, 0.1) is 23.3 Å². The van der Waals surface area contributed by atoms with Crippen molar-refractivity contribution in [1.82, 2.24) is 15.6 Å². The Labute approximate surface area is 152 Å². The second-order valence-electron chi connectivity index (χ2n) is 5.21. The van der Waals surface area contributed by atoms with Crippen molar-refractivity contribution >= 4 is 42.1 Å². The summed E-state index contributed by atoms with van der Waals surface area (Å²) in [5.41, 5.74) is 3.49. The van der Waals surface area contributed by atoms with Crippen molar-refractivity contribution in [3.05, 3.63) is 51.5 Å². The number of nitrogens with zero attached hydrogens (tertiary/aromatic N) is 1. The Balaban J connectivity index is 0.00000132. The van der Waals surface area contributed by atoms with E-state index in [9.17, 15) is 4.79 Å². The zero-order chi connectivity index (χ0) is 14.7. The van der Waals surface area contributed by atoms with Crippen LogP contribution in [-0.4, -0.2) is 16.9 Å². The molecular weight excluding hydrogens is 353 g/mol. The largest absolute Gasteiger partial charge is 0.349 e. The van der Waals surface area contributed by atoms with Crippen LogP contribution >= 0.6 is 36.2 Å². The number of halogens is 2. The van der Waals surface area contributed by atoms with Crippen LogP contribution in [0.5, 0.6) is 0 Å². The highest BCUT2D eigenvalue weighted by Crippen LogP contribution is 2.16. The average molecular weight is 374 g/mol. The topological polar surface area (TPSA) is 54.0 Å². The second kappa shape index (κ2) is 9.23. The maximum Gasteiger partial charge on any atom is 0.237 e. The molecule has 1 atom stereocenters. The summed E-state index contributed by atoms with van der Waals surface area (Å²) in [7, 11) is 0. The van der Waals surface area contributed by atoms with Crippen molar-refractivity contribution in [3.8, 4) is 0 Å². The SMILES string of the molecule is CCc1nc(CNC(=O)C2Cc3ccccc3CN2)cs1.Cl.Cl. The molecule has 7 heteroatoms. The number of aromatic nitrogens is 1. The molecule has 23 heavy (non-hydrogen) atoms. The molecule has 126 valence electrons. The third-order valence-electron chi connectivity index (χ3n) is 3.74. The maximum absolute atomic E-state index is 12.3. The van der Waals surface area contributed by atoms with Gasteiger partial charge in [-0.3, -0.25) is 4.79 Å². The van der Waals surface area contributed by atoms with Crippen molar-refractivity contribution in [3.63, 3.8) is 0 Å². The van der Waals surface area contributed by atoms with Crippen LogP contribution in [-0.2, 0) is 30.7 Å². The fourth-order valence-corrected chi connectivity index (χ4v) is 3.28. The van der Waals surface area contributed by atoms with Crippen LogP contribution in [0.25, 0.3) is 0 Å². The molecule has 1 aliphatic heterocycles. The third kappa shape index (κ3) is 4.91. The number of nitrogens with one attached hydrogen (secondary N) is 2. The van der Waals surface area contributed by atoms with Gasteiger partial charge in [0.1, 0.15) is 0 Å². The monoisotopic (exact) mass is 373 g/mol. The molecule has 3 rings (SSSR count). The normalized spacial score (nSPS) is 15.8. The van der Waals surface area contributed by atoms with Crippen LogP contribution in [0.3, 0.4) is 0 Å². The molecule has 2 heterocycles. The Morgan fingerprint density at radius 1 is 1.35 bits per heavy atom. The van der Waals surface area contributed by atoms with E-state index in [1.165, 1.54) is 11.1 Å². The number of aryl methyl sites for hydroxylation is 1. The van der Waals surface area contributed by atoms with Crippen molar-refractivity contribution in [2.75, 3.05) is 0 Å². The Bertz CT molecular complexity index is 648. The van der Waals surface area contributed by atoms with Crippen LogP contribution in [0.2, 0.25) is 0 Å². The highest BCUT2D eigenvalue weighted by molar-refractivity contribution is 7.09.